The summed E-state index contributed by atoms with van der Waals surface area (Å²) < 4.78 is 36.9. The van der Waals surface area contributed by atoms with Crippen LogP contribution in [0.15, 0.2) is 41.7 Å². The molecule has 6 rings (SSSR count). The van der Waals surface area contributed by atoms with Crippen LogP contribution in [0.3, 0.4) is 0 Å². The minimum atomic E-state index is -0.774. The van der Waals surface area contributed by atoms with Crippen LogP contribution in [-0.4, -0.2) is 77.2 Å². The van der Waals surface area contributed by atoms with Gasteiger partial charge in [0.05, 0.1) is 16.6 Å². The third-order valence-corrected chi connectivity index (χ3v) is 8.98. The summed E-state index contributed by atoms with van der Waals surface area (Å²) in [7, 11) is 0. The molecule has 0 bridgehead atoms. The highest BCUT2D eigenvalue weighted by Gasteiger charge is 2.34. The summed E-state index contributed by atoms with van der Waals surface area (Å²) in [4.78, 5) is 36.8. The summed E-state index contributed by atoms with van der Waals surface area (Å²) in [5.41, 5.74) is 0.449. The zero-order valence-corrected chi connectivity index (χ0v) is 24.4. The Morgan fingerprint density at radius 2 is 1.98 bits per heavy atom. The molecule has 0 aliphatic carbocycles. The fourth-order valence-corrected chi connectivity index (χ4v) is 6.89. The maximum Gasteiger partial charge on any atom is 0.350 e. The predicted molar refractivity (Wildman–Crippen MR) is 159 cm³/mol. The number of nitrogens with zero attached hydrogens (tertiary/aromatic N) is 5. The van der Waals surface area contributed by atoms with Gasteiger partial charge in [-0.3, -0.25) is 9.36 Å². The molecular formula is C31H34ClF2N5O3. The molecule has 2 atom stereocenters. The van der Waals surface area contributed by atoms with Gasteiger partial charge in [0.25, 0.3) is 0 Å². The van der Waals surface area contributed by atoms with Crippen LogP contribution in [0.5, 0.6) is 5.75 Å². The van der Waals surface area contributed by atoms with Gasteiger partial charge in [0.15, 0.2) is 5.75 Å². The Hall–Kier alpha value is -3.50. The summed E-state index contributed by atoms with van der Waals surface area (Å²) in [6.45, 7) is 10.2. The van der Waals surface area contributed by atoms with E-state index >= 15 is 4.39 Å². The lowest BCUT2D eigenvalue weighted by atomic mass is 9.98. The first-order valence-electron chi connectivity index (χ1n) is 14.5. The molecule has 3 aliphatic rings. The first kappa shape index (κ1) is 28.6. The molecule has 42 heavy (non-hydrogen) atoms. The van der Waals surface area contributed by atoms with Gasteiger partial charge in [0.1, 0.15) is 24.1 Å². The van der Waals surface area contributed by atoms with E-state index in [4.69, 9.17) is 16.3 Å². The van der Waals surface area contributed by atoms with E-state index in [0.717, 1.165) is 32.1 Å². The van der Waals surface area contributed by atoms with E-state index in [2.05, 4.69) is 16.5 Å². The van der Waals surface area contributed by atoms with Gasteiger partial charge in [-0.25, -0.2) is 13.6 Å². The Labute approximate surface area is 248 Å². The largest absolute Gasteiger partial charge is 0.488 e. The summed E-state index contributed by atoms with van der Waals surface area (Å²) in [5, 5.41) is 0.817. The van der Waals surface area contributed by atoms with E-state index in [9.17, 15) is 14.0 Å². The number of rotatable bonds is 7. The number of piperazine rings is 1. The molecule has 0 radical (unpaired) electrons. The average Bonchev–Trinajstić information content (AvgIpc) is 3.49. The van der Waals surface area contributed by atoms with Crippen molar-refractivity contribution in [2.45, 2.75) is 44.7 Å². The molecule has 0 N–H and O–H groups in total. The number of hydrogen-bond acceptors (Lipinski definition) is 6. The van der Waals surface area contributed by atoms with Gasteiger partial charge >= 0.3 is 5.69 Å². The Morgan fingerprint density at radius 1 is 1.19 bits per heavy atom. The lowest BCUT2D eigenvalue weighted by Crippen LogP contribution is -2.54. The number of carbonyl (C=O) groups excluding carboxylic acids is 1. The topological polar surface area (TPSA) is 70.9 Å². The summed E-state index contributed by atoms with van der Waals surface area (Å²) in [6.07, 6.45) is 5.33. The van der Waals surface area contributed by atoms with Gasteiger partial charge in [-0.05, 0) is 76.5 Å². The van der Waals surface area contributed by atoms with Crippen LogP contribution in [0.4, 0.5) is 14.6 Å². The molecule has 222 valence electrons. The Morgan fingerprint density at radius 3 is 2.69 bits per heavy atom. The highest BCUT2D eigenvalue weighted by Crippen LogP contribution is 2.47. The molecule has 3 aromatic rings. The SMILES string of the molecule is C=CC(=O)N1CCN(c2nc(=O)n3c4c(c(-c5ccc(F)cc5F)c(Cl)cc24)OCC3CCCN2CCCC2)[C@@H](C)C1. The van der Waals surface area contributed by atoms with E-state index in [-0.39, 0.29) is 46.5 Å². The molecule has 4 heterocycles. The molecule has 8 nitrogen and oxygen atoms in total. The summed E-state index contributed by atoms with van der Waals surface area (Å²) in [6, 6.07) is 4.60. The first-order valence-corrected chi connectivity index (χ1v) is 14.9. The molecule has 0 saturated carbocycles. The van der Waals surface area contributed by atoms with Gasteiger partial charge in [0.2, 0.25) is 5.91 Å². The predicted octanol–water partition coefficient (Wildman–Crippen LogP) is 5.03. The third kappa shape index (κ3) is 5.15. The van der Waals surface area contributed by atoms with Crippen molar-refractivity contribution in [2.24, 2.45) is 0 Å². The van der Waals surface area contributed by atoms with Crippen molar-refractivity contribution in [1.29, 1.82) is 0 Å². The number of anilines is 1. The number of benzene rings is 2. The number of halogens is 3. The molecule has 1 aromatic heterocycles. The normalized spacial score (nSPS) is 20.7. The van der Waals surface area contributed by atoms with E-state index in [1.165, 1.54) is 31.1 Å². The lowest BCUT2D eigenvalue weighted by Gasteiger charge is -2.41. The zero-order chi connectivity index (χ0) is 29.5. The number of aromatic nitrogens is 2. The zero-order valence-electron chi connectivity index (χ0n) is 23.6. The third-order valence-electron chi connectivity index (χ3n) is 8.68. The second-order valence-electron chi connectivity index (χ2n) is 11.4. The second kappa shape index (κ2) is 11.6. The fourth-order valence-electron chi connectivity index (χ4n) is 6.59. The average molecular weight is 598 g/mol. The first-order chi connectivity index (χ1) is 20.3. The maximum atomic E-state index is 15.1. The van der Waals surface area contributed by atoms with Crippen molar-refractivity contribution in [3.05, 3.63) is 64.1 Å². The van der Waals surface area contributed by atoms with Crippen LogP contribution < -0.4 is 15.3 Å². The van der Waals surface area contributed by atoms with Gasteiger partial charge in [-0.1, -0.05) is 18.2 Å². The van der Waals surface area contributed by atoms with E-state index < -0.39 is 17.3 Å². The van der Waals surface area contributed by atoms with E-state index in [0.29, 0.717) is 42.8 Å². The van der Waals surface area contributed by atoms with Gasteiger partial charge in [0, 0.05) is 48.3 Å². The molecular weight excluding hydrogens is 564 g/mol. The number of hydrogen-bond donors (Lipinski definition) is 0. The van der Waals surface area contributed by atoms with Crippen LogP contribution >= 0.6 is 11.6 Å². The summed E-state index contributed by atoms with van der Waals surface area (Å²) in [5.74, 6) is -0.894. The Bertz CT molecular complexity index is 1610. The molecule has 2 aromatic carbocycles. The van der Waals surface area contributed by atoms with E-state index in [1.54, 1.807) is 15.5 Å². The molecule has 3 aliphatic heterocycles. The molecule has 0 spiro atoms. The Balaban J connectivity index is 1.47. The van der Waals surface area contributed by atoms with Crippen molar-refractivity contribution < 1.29 is 18.3 Å². The number of amides is 1. The van der Waals surface area contributed by atoms with Crippen molar-refractivity contribution in [3.8, 4) is 16.9 Å². The smallest absolute Gasteiger partial charge is 0.350 e. The number of ether oxygens (including phenoxy) is 1. The van der Waals surface area contributed by atoms with Crippen molar-refractivity contribution >= 4 is 34.2 Å². The highest BCUT2D eigenvalue weighted by molar-refractivity contribution is 6.35. The van der Waals surface area contributed by atoms with Crippen molar-refractivity contribution in [1.82, 2.24) is 19.4 Å². The molecule has 2 fully saturated rings. The standard InChI is InChI=1S/C31H34ClF2N5O3/c1-3-26(40)37-13-14-38(19(2)17-37)30-23-16-24(32)27(22-9-8-20(33)15-25(22)34)29-28(23)39(31(41)35-30)21(18-42-29)7-6-12-36-10-4-5-11-36/h3,8-9,15-16,19,21H,1,4-7,10-14,17-18H2,2H3/t19-,21?/m0/s1. The Kier molecular flexibility index (Phi) is 7.93. The van der Waals surface area contributed by atoms with Crippen LogP contribution in [0.2, 0.25) is 5.02 Å². The van der Waals surface area contributed by atoms with Crippen LogP contribution in [0.1, 0.15) is 38.6 Å². The quantitative estimate of drug-likeness (QED) is 0.356. The molecule has 1 unspecified atom stereocenters. The van der Waals surface area contributed by atoms with Crippen molar-refractivity contribution in [2.75, 3.05) is 50.8 Å². The van der Waals surface area contributed by atoms with Crippen LogP contribution in [0.25, 0.3) is 22.0 Å². The summed E-state index contributed by atoms with van der Waals surface area (Å²) >= 11 is 6.83. The maximum absolute atomic E-state index is 15.1. The minimum absolute atomic E-state index is 0.0908. The van der Waals surface area contributed by atoms with Gasteiger partial charge in [-0.2, -0.15) is 4.98 Å². The molecule has 2 saturated heterocycles. The second-order valence-corrected chi connectivity index (χ2v) is 11.8. The monoisotopic (exact) mass is 597 g/mol. The van der Waals surface area contributed by atoms with Gasteiger partial charge in [-0.15, -0.1) is 0 Å². The number of carbonyl (C=O) groups is 1. The fraction of sp³-hybridized carbons (Fsp3) is 0.452. The van der Waals surface area contributed by atoms with Gasteiger partial charge < -0.3 is 19.4 Å². The lowest BCUT2D eigenvalue weighted by molar-refractivity contribution is -0.126. The van der Waals surface area contributed by atoms with Crippen LogP contribution in [-0.2, 0) is 4.79 Å². The molecule has 1 amide bonds. The van der Waals surface area contributed by atoms with Crippen molar-refractivity contribution in [3.63, 3.8) is 0 Å². The minimum Gasteiger partial charge on any atom is -0.488 e. The van der Waals surface area contributed by atoms with E-state index in [1.807, 2.05) is 11.8 Å². The molecule has 11 heteroatoms. The van der Waals surface area contributed by atoms with Crippen LogP contribution in [0, 0.1) is 11.6 Å². The highest BCUT2D eigenvalue weighted by atomic mass is 35.5. The number of likely N-dealkylation sites (tertiary alicyclic amines) is 1.